The van der Waals surface area contributed by atoms with Crippen molar-refractivity contribution >= 4 is 11.6 Å². The second-order valence-corrected chi connectivity index (χ2v) is 6.12. The highest BCUT2D eigenvalue weighted by atomic mass is 16.6. The molecule has 0 saturated heterocycles. The molecule has 7 nitrogen and oxygen atoms in total. The highest BCUT2D eigenvalue weighted by Gasteiger charge is 2.22. The molecule has 2 aromatic carbocycles. The van der Waals surface area contributed by atoms with Gasteiger partial charge in [-0.1, -0.05) is 0 Å². The number of ether oxygens (including phenoxy) is 2. The van der Waals surface area contributed by atoms with Crippen molar-refractivity contribution in [1.82, 2.24) is 5.32 Å². The van der Waals surface area contributed by atoms with Crippen molar-refractivity contribution in [3.63, 3.8) is 0 Å². The maximum Gasteiger partial charge on any atom is 0.269 e. The largest absolute Gasteiger partial charge is 0.494 e. The van der Waals surface area contributed by atoms with E-state index in [9.17, 15) is 14.9 Å². The van der Waals surface area contributed by atoms with Crippen molar-refractivity contribution < 1.29 is 19.2 Å². The van der Waals surface area contributed by atoms with Gasteiger partial charge in [0.05, 0.1) is 11.5 Å². The van der Waals surface area contributed by atoms with Gasteiger partial charge >= 0.3 is 0 Å². The number of fused-ring (bicyclic) bond motifs is 1. The molecule has 136 valence electrons. The predicted octanol–water partition coefficient (Wildman–Crippen LogP) is 3.25. The lowest BCUT2D eigenvalue weighted by Gasteiger charge is -2.13. The number of nitro benzene ring substituents is 1. The van der Waals surface area contributed by atoms with Gasteiger partial charge in [0.1, 0.15) is 17.6 Å². The molecule has 1 N–H and O–H groups in total. The van der Waals surface area contributed by atoms with Crippen LogP contribution in [0.2, 0.25) is 0 Å². The van der Waals surface area contributed by atoms with Crippen LogP contribution in [0.3, 0.4) is 0 Å². The van der Waals surface area contributed by atoms with E-state index in [4.69, 9.17) is 9.47 Å². The third kappa shape index (κ3) is 3.77. The van der Waals surface area contributed by atoms with E-state index < -0.39 is 4.92 Å². The third-order valence-corrected chi connectivity index (χ3v) is 4.16. The van der Waals surface area contributed by atoms with Gasteiger partial charge in [0.15, 0.2) is 0 Å². The first-order valence-electron chi connectivity index (χ1n) is 8.45. The molecule has 0 aromatic heterocycles. The van der Waals surface area contributed by atoms with E-state index in [0.717, 1.165) is 29.0 Å². The number of non-ortho nitro benzene ring substituents is 1. The van der Waals surface area contributed by atoms with Crippen molar-refractivity contribution in [2.24, 2.45) is 0 Å². The normalized spacial score (nSPS) is 15.1. The summed E-state index contributed by atoms with van der Waals surface area (Å²) >= 11 is 0. The molecular weight excluding hydrogens is 336 g/mol. The minimum Gasteiger partial charge on any atom is -0.494 e. The van der Waals surface area contributed by atoms with Gasteiger partial charge in [0.25, 0.3) is 11.6 Å². The Morgan fingerprint density at radius 1 is 1.35 bits per heavy atom. The van der Waals surface area contributed by atoms with Crippen LogP contribution in [0.15, 0.2) is 36.4 Å². The third-order valence-electron chi connectivity index (χ3n) is 4.16. The summed E-state index contributed by atoms with van der Waals surface area (Å²) in [5.41, 5.74) is 2.24. The molecule has 2 aromatic rings. The van der Waals surface area contributed by atoms with Crippen LogP contribution in [-0.2, 0) is 13.0 Å². The monoisotopic (exact) mass is 356 g/mol. The summed E-state index contributed by atoms with van der Waals surface area (Å²) in [6.07, 6.45) is 0.967. The van der Waals surface area contributed by atoms with Crippen LogP contribution in [0.25, 0.3) is 0 Å². The predicted molar refractivity (Wildman–Crippen MR) is 95.7 cm³/mol. The van der Waals surface area contributed by atoms with Gasteiger partial charge in [-0.3, -0.25) is 14.9 Å². The zero-order chi connectivity index (χ0) is 18.7. The second-order valence-electron chi connectivity index (χ2n) is 6.12. The van der Waals surface area contributed by atoms with Gasteiger partial charge in [0, 0.05) is 41.8 Å². The Balaban J connectivity index is 1.73. The van der Waals surface area contributed by atoms with E-state index in [1.165, 1.54) is 24.3 Å². The highest BCUT2D eigenvalue weighted by Crippen LogP contribution is 2.35. The Labute approximate surface area is 151 Å². The first kappa shape index (κ1) is 17.7. The Bertz CT molecular complexity index is 833. The summed E-state index contributed by atoms with van der Waals surface area (Å²) in [6, 6.07) is 9.36. The standard InChI is InChI=1S/C19H20N2O5/c1-3-25-17-9-14-8-12(2)26-18(14)10-15(17)11-20-19(22)13-4-6-16(7-5-13)21(23)24/h4-7,9-10,12H,3,8,11H2,1-2H3,(H,20,22)/t12-/m0/s1. The van der Waals surface area contributed by atoms with E-state index in [0.29, 0.717) is 12.2 Å². The molecule has 1 heterocycles. The molecule has 3 rings (SSSR count). The topological polar surface area (TPSA) is 90.7 Å². The average molecular weight is 356 g/mol. The Hall–Kier alpha value is -3.09. The molecule has 0 aliphatic carbocycles. The summed E-state index contributed by atoms with van der Waals surface area (Å²) in [4.78, 5) is 22.5. The van der Waals surface area contributed by atoms with Crippen molar-refractivity contribution in [3.05, 3.63) is 63.2 Å². The zero-order valence-electron chi connectivity index (χ0n) is 14.7. The lowest BCUT2D eigenvalue weighted by Crippen LogP contribution is -2.23. The number of nitrogens with zero attached hydrogens (tertiary/aromatic N) is 1. The SMILES string of the molecule is CCOc1cc2c(cc1CNC(=O)c1ccc([N+](=O)[O-])cc1)O[C@@H](C)C2. The molecular formula is C19H20N2O5. The molecule has 7 heteroatoms. The molecule has 1 amide bonds. The molecule has 1 atom stereocenters. The van der Waals surface area contributed by atoms with E-state index in [-0.39, 0.29) is 24.2 Å². The van der Waals surface area contributed by atoms with Crippen molar-refractivity contribution in [2.75, 3.05) is 6.61 Å². The fourth-order valence-electron chi connectivity index (χ4n) is 2.92. The molecule has 0 saturated carbocycles. The molecule has 0 spiro atoms. The van der Waals surface area contributed by atoms with E-state index >= 15 is 0 Å². The Morgan fingerprint density at radius 2 is 2.08 bits per heavy atom. The second kappa shape index (κ2) is 7.43. The minimum atomic E-state index is -0.498. The molecule has 0 unspecified atom stereocenters. The van der Waals surface area contributed by atoms with Crippen LogP contribution in [-0.4, -0.2) is 23.5 Å². The van der Waals surface area contributed by atoms with Gasteiger partial charge in [-0.05, 0) is 38.1 Å². The number of benzene rings is 2. The summed E-state index contributed by atoms with van der Waals surface area (Å²) in [5.74, 6) is 1.24. The van der Waals surface area contributed by atoms with E-state index in [1.807, 2.05) is 26.0 Å². The number of rotatable bonds is 6. The van der Waals surface area contributed by atoms with Gasteiger partial charge in [-0.2, -0.15) is 0 Å². The number of carbonyl (C=O) groups excluding carboxylic acids is 1. The van der Waals surface area contributed by atoms with Gasteiger partial charge < -0.3 is 14.8 Å². The quantitative estimate of drug-likeness (QED) is 0.634. The number of nitro groups is 1. The summed E-state index contributed by atoms with van der Waals surface area (Å²) in [5, 5.41) is 13.5. The molecule has 1 aliphatic rings. The van der Waals surface area contributed by atoms with Crippen LogP contribution < -0.4 is 14.8 Å². The first-order valence-corrected chi connectivity index (χ1v) is 8.45. The van der Waals surface area contributed by atoms with Crippen molar-refractivity contribution in [2.45, 2.75) is 32.9 Å². The summed E-state index contributed by atoms with van der Waals surface area (Å²) in [7, 11) is 0. The van der Waals surface area contributed by atoms with E-state index in [1.54, 1.807) is 0 Å². The Kier molecular flexibility index (Phi) is 5.06. The van der Waals surface area contributed by atoms with Gasteiger partial charge in [-0.15, -0.1) is 0 Å². The van der Waals surface area contributed by atoms with Crippen molar-refractivity contribution in [3.8, 4) is 11.5 Å². The zero-order valence-corrected chi connectivity index (χ0v) is 14.7. The minimum absolute atomic E-state index is 0.0509. The van der Waals surface area contributed by atoms with Crippen molar-refractivity contribution in [1.29, 1.82) is 0 Å². The first-order chi connectivity index (χ1) is 12.5. The van der Waals surface area contributed by atoms with Crippen LogP contribution in [0.1, 0.15) is 35.3 Å². The van der Waals surface area contributed by atoms with Gasteiger partial charge in [0.2, 0.25) is 0 Å². The average Bonchev–Trinajstić information content (AvgIpc) is 2.98. The number of nitrogens with one attached hydrogen (secondary N) is 1. The summed E-state index contributed by atoms with van der Waals surface area (Å²) < 4.78 is 11.5. The highest BCUT2D eigenvalue weighted by molar-refractivity contribution is 5.94. The number of hydrogen-bond donors (Lipinski definition) is 1. The van der Waals surface area contributed by atoms with Crippen LogP contribution in [0.4, 0.5) is 5.69 Å². The molecule has 0 radical (unpaired) electrons. The van der Waals surface area contributed by atoms with Crippen LogP contribution in [0, 0.1) is 10.1 Å². The smallest absolute Gasteiger partial charge is 0.269 e. The summed E-state index contributed by atoms with van der Waals surface area (Å²) in [6.45, 7) is 4.72. The maximum absolute atomic E-state index is 12.3. The van der Waals surface area contributed by atoms with Crippen LogP contribution >= 0.6 is 0 Å². The molecule has 0 fully saturated rings. The molecule has 26 heavy (non-hydrogen) atoms. The number of carbonyl (C=O) groups is 1. The van der Waals surface area contributed by atoms with Gasteiger partial charge in [-0.25, -0.2) is 0 Å². The fraction of sp³-hybridized carbons (Fsp3) is 0.316. The molecule has 1 aliphatic heterocycles. The lowest BCUT2D eigenvalue weighted by atomic mass is 10.1. The van der Waals surface area contributed by atoms with Crippen LogP contribution in [0.5, 0.6) is 11.5 Å². The van der Waals surface area contributed by atoms with E-state index in [2.05, 4.69) is 5.32 Å². The Morgan fingerprint density at radius 3 is 2.73 bits per heavy atom. The number of amides is 1. The number of hydrogen-bond acceptors (Lipinski definition) is 5. The lowest BCUT2D eigenvalue weighted by molar-refractivity contribution is -0.384. The molecule has 0 bridgehead atoms. The maximum atomic E-state index is 12.3. The fourth-order valence-corrected chi connectivity index (χ4v) is 2.92.